The first-order valence-electron chi connectivity index (χ1n) is 7.57. The van der Waals surface area contributed by atoms with Crippen molar-refractivity contribution in [2.45, 2.75) is 27.2 Å². The van der Waals surface area contributed by atoms with E-state index >= 15 is 0 Å². The molecule has 2 N–H and O–H groups in total. The molecule has 0 fully saturated rings. The fourth-order valence-electron chi connectivity index (χ4n) is 2.10. The highest BCUT2D eigenvalue weighted by atomic mass is 16.2. The number of nitrogens with zero attached hydrogens (tertiary/aromatic N) is 2. The van der Waals surface area contributed by atoms with E-state index in [9.17, 15) is 9.59 Å². The molecule has 0 aliphatic heterocycles. The summed E-state index contributed by atoms with van der Waals surface area (Å²) in [5, 5.41) is 6.68. The Morgan fingerprint density at radius 1 is 1.17 bits per heavy atom. The SMILES string of the molecule is C/C(CC(=O)Nc1cc(C)ccn1)=N/NC(=O)c1ccccc1C. The van der Waals surface area contributed by atoms with Gasteiger partial charge in [0.15, 0.2) is 0 Å². The maximum absolute atomic E-state index is 12.1. The van der Waals surface area contributed by atoms with Gasteiger partial charge >= 0.3 is 0 Å². The number of aromatic nitrogens is 1. The molecule has 0 radical (unpaired) electrons. The van der Waals surface area contributed by atoms with E-state index < -0.39 is 0 Å². The van der Waals surface area contributed by atoms with Gasteiger partial charge in [0, 0.05) is 17.5 Å². The largest absolute Gasteiger partial charge is 0.310 e. The number of hydrogen-bond donors (Lipinski definition) is 2. The monoisotopic (exact) mass is 324 g/mol. The third kappa shape index (κ3) is 5.01. The van der Waals surface area contributed by atoms with Crippen molar-refractivity contribution >= 4 is 23.3 Å². The molecule has 124 valence electrons. The molecule has 24 heavy (non-hydrogen) atoms. The minimum atomic E-state index is -0.298. The van der Waals surface area contributed by atoms with Gasteiger partial charge in [0.1, 0.15) is 5.82 Å². The van der Waals surface area contributed by atoms with E-state index in [0.717, 1.165) is 11.1 Å². The molecule has 0 atom stereocenters. The molecular formula is C18H20N4O2. The van der Waals surface area contributed by atoms with E-state index in [2.05, 4.69) is 20.8 Å². The summed E-state index contributed by atoms with van der Waals surface area (Å²) >= 11 is 0. The Kier molecular flexibility index (Phi) is 5.78. The van der Waals surface area contributed by atoms with Crippen LogP contribution in [-0.4, -0.2) is 22.5 Å². The van der Waals surface area contributed by atoms with Crippen LogP contribution in [0.4, 0.5) is 5.82 Å². The Labute approximate surface area is 141 Å². The van der Waals surface area contributed by atoms with Crippen molar-refractivity contribution in [3.8, 4) is 0 Å². The molecule has 0 spiro atoms. The molecule has 1 aromatic heterocycles. The van der Waals surface area contributed by atoms with Crippen LogP contribution in [0.1, 0.15) is 34.8 Å². The highest BCUT2D eigenvalue weighted by molar-refractivity contribution is 6.05. The predicted octanol–water partition coefficient (Wildman–Crippen LogP) is 2.83. The summed E-state index contributed by atoms with van der Waals surface area (Å²) in [5.41, 5.74) is 5.41. The van der Waals surface area contributed by atoms with Gasteiger partial charge in [-0.2, -0.15) is 5.10 Å². The maximum Gasteiger partial charge on any atom is 0.271 e. The van der Waals surface area contributed by atoms with Gasteiger partial charge in [-0.25, -0.2) is 10.4 Å². The molecule has 1 aromatic carbocycles. The van der Waals surface area contributed by atoms with Gasteiger partial charge in [-0.3, -0.25) is 9.59 Å². The Hall–Kier alpha value is -3.02. The van der Waals surface area contributed by atoms with E-state index in [1.165, 1.54) is 0 Å². The average molecular weight is 324 g/mol. The number of rotatable bonds is 5. The Balaban J connectivity index is 1.90. The van der Waals surface area contributed by atoms with Crippen molar-refractivity contribution < 1.29 is 9.59 Å². The van der Waals surface area contributed by atoms with Crippen LogP contribution >= 0.6 is 0 Å². The van der Waals surface area contributed by atoms with Gasteiger partial charge in [0.2, 0.25) is 5.91 Å². The zero-order valence-corrected chi connectivity index (χ0v) is 14.0. The summed E-state index contributed by atoms with van der Waals surface area (Å²) in [6, 6.07) is 10.9. The number of aryl methyl sites for hydroxylation is 2. The molecule has 0 aliphatic rings. The summed E-state index contributed by atoms with van der Waals surface area (Å²) in [7, 11) is 0. The molecule has 2 rings (SSSR count). The minimum absolute atomic E-state index is 0.0731. The highest BCUT2D eigenvalue weighted by Gasteiger charge is 2.09. The highest BCUT2D eigenvalue weighted by Crippen LogP contribution is 2.07. The van der Waals surface area contributed by atoms with Crippen molar-refractivity contribution in [1.29, 1.82) is 0 Å². The normalized spacial score (nSPS) is 11.0. The van der Waals surface area contributed by atoms with Crippen LogP contribution in [0.2, 0.25) is 0 Å². The molecule has 2 aromatic rings. The number of hydrazone groups is 1. The van der Waals surface area contributed by atoms with Crippen LogP contribution in [0.15, 0.2) is 47.7 Å². The molecule has 0 saturated carbocycles. The van der Waals surface area contributed by atoms with Gasteiger partial charge in [-0.15, -0.1) is 0 Å². The first-order valence-corrected chi connectivity index (χ1v) is 7.57. The van der Waals surface area contributed by atoms with Crippen LogP contribution < -0.4 is 10.7 Å². The second-order valence-electron chi connectivity index (χ2n) is 5.55. The second-order valence-corrected chi connectivity index (χ2v) is 5.55. The Morgan fingerprint density at radius 3 is 2.62 bits per heavy atom. The summed E-state index contributed by atoms with van der Waals surface area (Å²) in [6.07, 6.45) is 1.71. The first kappa shape index (κ1) is 17.3. The van der Waals surface area contributed by atoms with Gasteiger partial charge in [0.05, 0.1) is 6.42 Å². The smallest absolute Gasteiger partial charge is 0.271 e. The van der Waals surface area contributed by atoms with Gasteiger partial charge in [-0.05, 0) is 50.1 Å². The predicted molar refractivity (Wildman–Crippen MR) is 94.0 cm³/mol. The van der Waals surface area contributed by atoms with Crippen LogP contribution in [0.5, 0.6) is 0 Å². The standard InChI is InChI=1S/C18H20N4O2/c1-12-8-9-19-16(10-12)20-17(23)11-14(3)21-22-18(24)15-7-5-4-6-13(15)2/h4-10H,11H2,1-3H3,(H,22,24)(H,19,20,23)/b21-14-. The number of pyridine rings is 1. The van der Waals surface area contributed by atoms with Crippen molar-refractivity contribution in [1.82, 2.24) is 10.4 Å². The lowest BCUT2D eigenvalue weighted by molar-refractivity contribution is -0.115. The lowest BCUT2D eigenvalue weighted by Crippen LogP contribution is -2.22. The van der Waals surface area contributed by atoms with Crippen LogP contribution in [0.25, 0.3) is 0 Å². The van der Waals surface area contributed by atoms with Crippen molar-refractivity contribution in [2.24, 2.45) is 5.10 Å². The molecule has 6 heteroatoms. The van der Waals surface area contributed by atoms with Crippen LogP contribution in [0, 0.1) is 13.8 Å². The number of anilines is 1. The maximum atomic E-state index is 12.1. The molecule has 0 aliphatic carbocycles. The van der Waals surface area contributed by atoms with E-state index in [4.69, 9.17) is 0 Å². The zero-order valence-electron chi connectivity index (χ0n) is 14.0. The molecule has 0 bridgehead atoms. The van der Waals surface area contributed by atoms with Crippen molar-refractivity contribution in [3.05, 3.63) is 59.3 Å². The number of benzene rings is 1. The van der Waals surface area contributed by atoms with Gasteiger partial charge in [-0.1, -0.05) is 18.2 Å². The number of carbonyl (C=O) groups excluding carboxylic acids is 2. The number of carbonyl (C=O) groups is 2. The van der Waals surface area contributed by atoms with Crippen LogP contribution in [-0.2, 0) is 4.79 Å². The molecule has 6 nitrogen and oxygen atoms in total. The summed E-state index contributed by atoms with van der Waals surface area (Å²) < 4.78 is 0. The molecule has 2 amide bonds. The summed E-state index contributed by atoms with van der Waals surface area (Å²) in [6.45, 7) is 5.46. The van der Waals surface area contributed by atoms with Crippen LogP contribution in [0.3, 0.4) is 0 Å². The molecule has 0 saturated heterocycles. The summed E-state index contributed by atoms with van der Waals surface area (Å²) in [5.74, 6) is -0.0376. The second kappa shape index (κ2) is 8.01. The lowest BCUT2D eigenvalue weighted by atomic mass is 10.1. The van der Waals surface area contributed by atoms with Crippen molar-refractivity contribution in [2.75, 3.05) is 5.32 Å². The van der Waals surface area contributed by atoms with E-state index in [1.807, 2.05) is 32.0 Å². The number of amides is 2. The molecule has 1 heterocycles. The first-order chi connectivity index (χ1) is 11.5. The van der Waals surface area contributed by atoms with E-state index in [1.54, 1.807) is 31.3 Å². The molecule has 0 unspecified atom stereocenters. The number of nitrogens with one attached hydrogen (secondary N) is 2. The fourth-order valence-corrected chi connectivity index (χ4v) is 2.10. The van der Waals surface area contributed by atoms with Gasteiger partial charge in [0.25, 0.3) is 5.91 Å². The van der Waals surface area contributed by atoms with E-state index in [0.29, 0.717) is 17.1 Å². The Bertz CT molecular complexity index is 784. The quantitative estimate of drug-likeness (QED) is 0.655. The third-order valence-electron chi connectivity index (χ3n) is 3.34. The third-order valence-corrected chi connectivity index (χ3v) is 3.34. The number of hydrogen-bond acceptors (Lipinski definition) is 4. The Morgan fingerprint density at radius 2 is 1.92 bits per heavy atom. The van der Waals surface area contributed by atoms with E-state index in [-0.39, 0.29) is 18.2 Å². The minimum Gasteiger partial charge on any atom is -0.310 e. The average Bonchev–Trinajstić information content (AvgIpc) is 2.53. The summed E-state index contributed by atoms with van der Waals surface area (Å²) in [4.78, 5) is 28.1. The van der Waals surface area contributed by atoms with Crippen molar-refractivity contribution in [3.63, 3.8) is 0 Å². The lowest BCUT2D eigenvalue weighted by Gasteiger charge is -2.06. The zero-order chi connectivity index (χ0) is 17.5. The molecular weight excluding hydrogens is 304 g/mol. The fraction of sp³-hybridized carbons (Fsp3) is 0.222. The van der Waals surface area contributed by atoms with Gasteiger partial charge < -0.3 is 5.32 Å². The topological polar surface area (TPSA) is 83.4 Å².